The summed E-state index contributed by atoms with van der Waals surface area (Å²) in [4.78, 5) is 0. The minimum Gasteiger partial charge on any atom is -0.313 e. The Balaban J connectivity index is 1.56. The maximum atomic E-state index is 3.92. The lowest BCUT2D eigenvalue weighted by atomic mass is 9.46. The van der Waals surface area contributed by atoms with Crippen LogP contribution in [0.1, 0.15) is 78.6 Å². The number of hydrogen-bond acceptors (Lipinski definition) is 1. The van der Waals surface area contributed by atoms with E-state index >= 15 is 0 Å². The fourth-order valence-corrected chi connectivity index (χ4v) is 7.49. The van der Waals surface area contributed by atoms with Gasteiger partial charge in [0, 0.05) is 6.04 Å². The lowest BCUT2D eigenvalue weighted by Crippen LogP contribution is -2.54. The van der Waals surface area contributed by atoms with Crippen LogP contribution in [0.5, 0.6) is 0 Å². The van der Waals surface area contributed by atoms with E-state index in [9.17, 15) is 0 Å². The molecular weight excluding hydrogens is 278 g/mol. The van der Waals surface area contributed by atoms with Crippen LogP contribution in [0.15, 0.2) is 12.2 Å². The highest BCUT2D eigenvalue weighted by molar-refractivity contribution is 5.13. The van der Waals surface area contributed by atoms with Crippen molar-refractivity contribution in [3.8, 4) is 0 Å². The van der Waals surface area contributed by atoms with E-state index in [1.807, 2.05) is 0 Å². The molecule has 23 heavy (non-hydrogen) atoms. The van der Waals surface area contributed by atoms with Crippen LogP contribution in [0, 0.1) is 34.5 Å². The molecule has 4 aliphatic carbocycles. The van der Waals surface area contributed by atoms with Gasteiger partial charge in [0.1, 0.15) is 0 Å². The van der Waals surface area contributed by atoms with Crippen molar-refractivity contribution >= 4 is 0 Å². The molecule has 0 bridgehead atoms. The van der Waals surface area contributed by atoms with E-state index in [0.717, 1.165) is 29.7 Å². The van der Waals surface area contributed by atoms with E-state index in [-0.39, 0.29) is 0 Å². The lowest BCUT2D eigenvalue weighted by Gasteiger charge is -2.59. The Labute approximate surface area is 143 Å². The molecule has 0 aliphatic heterocycles. The zero-order valence-electron chi connectivity index (χ0n) is 15.6. The normalized spacial score (nSPS) is 51.9. The number of nitrogens with one attached hydrogen (secondary N) is 1. The van der Waals surface area contributed by atoms with Crippen LogP contribution in [0.4, 0.5) is 0 Å². The third-order valence-electron chi connectivity index (χ3n) is 8.85. The molecule has 0 aromatic rings. The molecule has 0 radical (unpaired) electrons. The summed E-state index contributed by atoms with van der Waals surface area (Å²) in [6.07, 6.45) is 17.9. The zero-order chi connectivity index (χ0) is 16.1. The second-order valence-corrected chi connectivity index (χ2v) is 9.70. The highest BCUT2D eigenvalue weighted by Gasteiger charge is 2.59. The van der Waals surface area contributed by atoms with Crippen molar-refractivity contribution in [3.63, 3.8) is 0 Å². The SMILES string of the molecule is CCCNC1CC[C@H]2[C@@H]3CC[C@H]4CC=CC[C@]4(C)[C@H]3CC[C@]12C. The number of allylic oxidation sites excluding steroid dienone is 2. The molecule has 3 saturated carbocycles. The molecule has 0 spiro atoms. The first-order chi connectivity index (χ1) is 11.1. The molecule has 4 aliphatic rings. The standard InChI is InChI=1S/C22H37N/c1-4-15-23-20-11-10-18-17-9-8-16-7-5-6-13-21(16,2)19(17)12-14-22(18,20)3/h5-6,16-20,23H,4,7-15H2,1-3H3/t16-,17+,18+,19+,20?,21+,22+/m1/s1. The third kappa shape index (κ3) is 2.36. The van der Waals surface area contributed by atoms with Crippen LogP contribution in [0.2, 0.25) is 0 Å². The van der Waals surface area contributed by atoms with Crippen molar-refractivity contribution in [2.24, 2.45) is 34.5 Å². The van der Waals surface area contributed by atoms with E-state index in [1.54, 1.807) is 0 Å². The van der Waals surface area contributed by atoms with Gasteiger partial charge in [0.05, 0.1) is 0 Å². The molecule has 130 valence electrons. The zero-order valence-corrected chi connectivity index (χ0v) is 15.6. The van der Waals surface area contributed by atoms with Gasteiger partial charge < -0.3 is 5.32 Å². The molecule has 0 heterocycles. The average molecular weight is 316 g/mol. The predicted octanol–water partition coefficient (Wildman–Crippen LogP) is 5.56. The van der Waals surface area contributed by atoms with Gasteiger partial charge in [-0.15, -0.1) is 0 Å². The summed E-state index contributed by atoms with van der Waals surface area (Å²) in [5.41, 5.74) is 1.21. The first kappa shape index (κ1) is 16.2. The van der Waals surface area contributed by atoms with E-state index < -0.39 is 0 Å². The van der Waals surface area contributed by atoms with Crippen LogP contribution in [-0.2, 0) is 0 Å². The molecule has 7 atom stereocenters. The van der Waals surface area contributed by atoms with Gasteiger partial charge in [-0.25, -0.2) is 0 Å². The van der Waals surface area contributed by atoms with Crippen molar-refractivity contribution in [2.45, 2.75) is 84.6 Å². The Morgan fingerprint density at radius 1 is 0.957 bits per heavy atom. The molecule has 3 fully saturated rings. The Morgan fingerprint density at radius 3 is 2.61 bits per heavy atom. The maximum absolute atomic E-state index is 3.92. The summed E-state index contributed by atoms with van der Waals surface area (Å²) in [6, 6.07) is 0.796. The van der Waals surface area contributed by atoms with Gasteiger partial charge in [0.2, 0.25) is 0 Å². The summed E-state index contributed by atoms with van der Waals surface area (Å²) < 4.78 is 0. The van der Waals surface area contributed by atoms with E-state index in [0.29, 0.717) is 10.8 Å². The summed E-state index contributed by atoms with van der Waals surface area (Å²) >= 11 is 0. The Kier molecular flexibility index (Phi) is 4.15. The van der Waals surface area contributed by atoms with Gasteiger partial charge in [0.15, 0.2) is 0 Å². The first-order valence-electron chi connectivity index (χ1n) is 10.5. The Hall–Kier alpha value is -0.300. The molecular formula is C22H37N. The van der Waals surface area contributed by atoms with Gasteiger partial charge in [-0.05, 0) is 98.8 Å². The number of hydrogen-bond donors (Lipinski definition) is 1. The second kappa shape index (κ2) is 5.90. The van der Waals surface area contributed by atoms with Crippen LogP contribution < -0.4 is 5.32 Å². The molecule has 0 aromatic carbocycles. The van der Waals surface area contributed by atoms with Gasteiger partial charge >= 0.3 is 0 Å². The molecule has 0 aromatic heterocycles. The van der Waals surface area contributed by atoms with E-state index in [4.69, 9.17) is 0 Å². The maximum Gasteiger partial charge on any atom is 0.0124 e. The summed E-state index contributed by atoms with van der Waals surface area (Å²) in [5.74, 6) is 4.01. The van der Waals surface area contributed by atoms with Crippen LogP contribution in [-0.4, -0.2) is 12.6 Å². The minimum absolute atomic E-state index is 0.587. The highest BCUT2D eigenvalue weighted by atomic mass is 14.9. The van der Waals surface area contributed by atoms with Gasteiger partial charge in [-0.3, -0.25) is 0 Å². The molecule has 4 rings (SSSR count). The van der Waals surface area contributed by atoms with Crippen molar-refractivity contribution in [3.05, 3.63) is 12.2 Å². The van der Waals surface area contributed by atoms with Crippen molar-refractivity contribution in [1.29, 1.82) is 0 Å². The van der Waals surface area contributed by atoms with Crippen LogP contribution >= 0.6 is 0 Å². The predicted molar refractivity (Wildman–Crippen MR) is 98.3 cm³/mol. The smallest absolute Gasteiger partial charge is 0.0124 e. The van der Waals surface area contributed by atoms with E-state index in [1.165, 1.54) is 64.3 Å². The molecule has 1 nitrogen and oxygen atoms in total. The molecule has 1 unspecified atom stereocenters. The quantitative estimate of drug-likeness (QED) is 0.672. The topological polar surface area (TPSA) is 12.0 Å². The number of fused-ring (bicyclic) bond motifs is 5. The fourth-order valence-electron chi connectivity index (χ4n) is 7.49. The third-order valence-corrected chi connectivity index (χ3v) is 8.85. The summed E-state index contributed by atoms with van der Waals surface area (Å²) in [5, 5.41) is 3.92. The largest absolute Gasteiger partial charge is 0.313 e. The molecule has 0 saturated heterocycles. The van der Waals surface area contributed by atoms with Crippen molar-refractivity contribution < 1.29 is 0 Å². The Bertz CT molecular complexity index is 469. The van der Waals surface area contributed by atoms with Gasteiger partial charge in [0.25, 0.3) is 0 Å². The second-order valence-electron chi connectivity index (χ2n) is 9.70. The lowest BCUT2D eigenvalue weighted by molar-refractivity contribution is -0.0917. The fraction of sp³-hybridized carbons (Fsp3) is 0.909. The van der Waals surface area contributed by atoms with Crippen molar-refractivity contribution in [2.75, 3.05) is 6.54 Å². The van der Waals surface area contributed by atoms with Crippen LogP contribution in [0.25, 0.3) is 0 Å². The summed E-state index contributed by atoms with van der Waals surface area (Å²) in [6.45, 7) is 8.81. The van der Waals surface area contributed by atoms with Crippen LogP contribution in [0.3, 0.4) is 0 Å². The van der Waals surface area contributed by atoms with Gasteiger partial charge in [-0.2, -0.15) is 0 Å². The summed E-state index contributed by atoms with van der Waals surface area (Å²) in [7, 11) is 0. The molecule has 1 N–H and O–H groups in total. The van der Waals surface area contributed by atoms with Gasteiger partial charge in [-0.1, -0.05) is 32.9 Å². The van der Waals surface area contributed by atoms with Crippen molar-refractivity contribution in [1.82, 2.24) is 5.32 Å². The Morgan fingerprint density at radius 2 is 1.78 bits per heavy atom. The monoisotopic (exact) mass is 315 g/mol. The first-order valence-corrected chi connectivity index (χ1v) is 10.5. The molecule has 1 heteroatoms. The molecule has 0 amide bonds. The van der Waals surface area contributed by atoms with E-state index in [2.05, 4.69) is 38.2 Å². The average Bonchev–Trinajstić information content (AvgIpc) is 2.89. The highest BCUT2D eigenvalue weighted by Crippen LogP contribution is 2.65. The number of rotatable bonds is 3. The minimum atomic E-state index is 0.587.